The predicted molar refractivity (Wildman–Crippen MR) is 133 cm³/mol. The number of rotatable bonds is 4. The molecule has 1 fully saturated rings. The number of ether oxygens (including phenoxy) is 2. The Bertz CT molecular complexity index is 1370. The van der Waals surface area contributed by atoms with Crippen molar-refractivity contribution in [3.63, 3.8) is 0 Å². The summed E-state index contributed by atoms with van der Waals surface area (Å²) in [6, 6.07) is 9.42. The molecule has 1 aliphatic rings. The van der Waals surface area contributed by atoms with Crippen LogP contribution in [-0.2, 0) is 9.47 Å². The number of carbonyl (C=O) groups excluding carboxylic acids is 1. The van der Waals surface area contributed by atoms with Gasteiger partial charge in [-0.15, -0.1) is 11.3 Å². The Hall–Kier alpha value is -2.99. The third kappa shape index (κ3) is 4.20. The van der Waals surface area contributed by atoms with E-state index in [0.29, 0.717) is 44.9 Å². The molecular formula is C21H18ClN5O4S2. The number of thiophene rings is 1. The maximum absolute atomic E-state index is 11.9. The van der Waals surface area contributed by atoms with E-state index in [2.05, 4.69) is 25.8 Å². The molecule has 0 atom stereocenters. The highest BCUT2D eigenvalue weighted by Gasteiger charge is 2.20. The number of carbonyl (C=O) groups is 1. The van der Waals surface area contributed by atoms with Gasteiger partial charge in [-0.2, -0.15) is 0 Å². The Morgan fingerprint density at radius 2 is 1.97 bits per heavy atom. The SMILES string of the molecule is COC(=O)c1sc2cc(NC(=S)Nc3ccc(N4CCOCC4)c4nonc34)ccc2c1Cl. The van der Waals surface area contributed by atoms with Gasteiger partial charge in [-0.05, 0) is 52.9 Å². The van der Waals surface area contributed by atoms with Crippen LogP contribution in [0, 0.1) is 0 Å². The average molecular weight is 504 g/mol. The summed E-state index contributed by atoms with van der Waals surface area (Å²) < 4.78 is 16.1. The molecule has 2 aromatic heterocycles. The lowest BCUT2D eigenvalue weighted by molar-refractivity contribution is 0.0606. The van der Waals surface area contributed by atoms with Gasteiger partial charge >= 0.3 is 5.97 Å². The second-order valence-electron chi connectivity index (χ2n) is 7.22. The van der Waals surface area contributed by atoms with E-state index in [1.54, 1.807) is 0 Å². The molecule has 33 heavy (non-hydrogen) atoms. The average Bonchev–Trinajstić information content (AvgIpc) is 3.45. The number of benzene rings is 2. The molecule has 1 aliphatic heterocycles. The first-order valence-corrected chi connectivity index (χ1v) is 11.6. The Labute approximate surface area is 202 Å². The molecule has 2 N–H and O–H groups in total. The lowest BCUT2D eigenvalue weighted by Crippen LogP contribution is -2.36. The Balaban J connectivity index is 1.35. The van der Waals surface area contributed by atoms with E-state index in [9.17, 15) is 4.79 Å². The third-order valence-electron chi connectivity index (χ3n) is 5.25. The molecule has 12 heteroatoms. The van der Waals surface area contributed by atoms with Gasteiger partial charge in [0.15, 0.2) is 16.1 Å². The van der Waals surface area contributed by atoms with Gasteiger partial charge in [0.1, 0.15) is 4.88 Å². The summed E-state index contributed by atoms with van der Waals surface area (Å²) in [5, 5.41) is 16.0. The fraction of sp³-hybridized carbons (Fsp3) is 0.238. The molecule has 5 rings (SSSR count). The predicted octanol–water partition coefficient (Wildman–Crippen LogP) is 4.52. The fourth-order valence-electron chi connectivity index (χ4n) is 3.67. The van der Waals surface area contributed by atoms with E-state index < -0.39 is 5.97 Å². The fourth-order valence-corrected chi connectivity index (χ4v) is 5.36. The van der Waals surface area contributed by atoms with Crippen molar-refractivity contribution in [2.24, 2.45) is 0 Å². The van der Waals surface area contributed by atoms with Gasteiger partial charge in [-0.3, -0.25) is 0 Å². The number of fused-ring (bicyclic) bond motifs is 2. The van der Waals surface area contributed by atoms with E-state index in [0.717, 1.165) is 34.6 Å². The van der Waals surface area contributed by atoms with Crippen LogP contribution < -0.4 is 15.5 Å². The Kier molecular flexibility index (Phi) is 6.02. The van der Waals surface area contributed by atoms with Crippen LogP contribution in [0.5, 0.6) is 0 Å². The molecule has 0 saturated carbocycles. The second-order valence-corrected chi connectivity index (χ2v) is 9.06. The number of halogens is 1. The van der Waals surface area contributed by atoms with Gasteiger partial charge in [-0.25, -0.2) is 9.42 Å². The minimum atomic E-state index is -0.460. The van der Waals surface area contributed by atoms with E-state index >= 15 is 0 Å². The first-order valence-electron chi connectivity index (χ1n) is 10.0. The molecule has 3 heterocycles. The van der Waals surface area contributed by atoms with Gasteiger partial charge < -0.3 is 25.0 Å². The monoisotopic (exact) mass is 503 g/mol. The highest BCUT2D eigenvalue weighted by atomic mass is 35.5. The number of nitrogens with zero attached hydrogens (tertiary/aromatic N) is 3. The van der Waals surface area contributed by atoms with E-state index in [1.165, 1.54) is 18.4 Å². The minimum absolute atomic E-state index is 0.369. The molecule has 1 saturated heterocycles. The number of anilines is 3. The number of nitrogens with one attached hydrogen (secondary N) is 2. The number of methoxy groups -OCH3 is 1. The summed E-state index contributed by atoms with van der Waals surface area (Å²) >= 11 is 13.1. The molecule has 2 aromatic carbocycles. The van der Waals surface area contributed by atoms with Crippen LogP contribution in [0.2, 0.25) is 5.02 Å². The summed E-state index contributed by atoms with van der Waals surface area (Å²) in [5.74, 6) is -0.460. The molecule has 0 spiro atoms. The van der Waals surface area contributed by atoms with Crippen molar-refractivity contribution in [2.75, 3.05) is 48.9 Å². The molecule has 170 valence electrons. The molecule has 9 nitrogen and oxygen atoms in total. The number of esters is 1. The molecule has 4 aromatic rings. The smallest absolute Gasteiger partial charge is 0.349 e. The van der Waals surface area contributed by atoms with Gasteiger partial charge in [-0.1, -0.05) is 11.6 Å². The number of thiocarbonyl (C=S) groups is 1. The number of hydrogen-bond acceptors (Lipinski definition) is 9. The second kappa shape index (κ2) is 9.10. The van der Waals surface area contributed by atoms with Gasteiger partial charge in [0.2, 0.25) is 0 Å². The third-order valence-corrected chi connectivity index (χ3v) is 7.09. The molecule has 0 bridgehead atoms. The van der Waals surface area contributed by atoms with Crippen LogP contribution in [0.1, 0.15) is 9.67 Å². The standard InChI is InChI=1S/C21H18ClN5O4S2/c1-29-20(28)19-16(22)12-3-2-11(10-15(12)33-19)23-21(32)24-13-4-5-14(18-17(13)25-31-26-18)27-6-8-30-9-7-27/h2-5,10H,6-9H2,1H3,(H2,23,24,32). The van der Waals surface area contributed by atoms with Crippen LogP contribution in [0.4, 0.5) is 17.1 Å². The van der Waals surface area contributed by atoms with Crippen molar-refractivity contribution in [3.8, 4) is 0 Å². The van der Waals surface area contributed by atoms with E-state index in [1.807, 2.05) is 30.3 Å². The van der Waals surface area contributed by atoms with Crippen LogP contribution in [0.15, 0.2) is 35.0 Å². The lowest BCUT2D eigenvalue weighted by Gasteiger charge is -2.28. The van der Waals surface area contributed by atoms with Gasteiger partial charge in [0.25, 0.3) is 0 Å². The van der Waals surface area contributed by atoms with Crippen LogP contribution in [0.25, 0.3) is 21.1 Å². The topological polar surface area (TPSA) is 102 Å². The van der Waals surface area contributed by atoms with Crippen molar-refractivity contribution in [2.45, 2.75) is 0 Å². The molecular weight excluding hydrogens is 486 g/mol. The summed E-state index contributed by atoms with van der Waals surface area (Å²) in [7, 11) is 1.33. The minimum Gasteiger partial charge on any atom is -0.465 e. The molecule has 0 unspecified atom stereocenters. The van der Waals surface area contributed by atoms with Crippen LogP contribution >= 0.6 is 35.2 Å². The zero-order valence-electron chi connectivity index (χ0n) is 17.4. The van der Waals surface area contributed by atoms with E-state index in [4.69, 9.17) is 37.9 Å². The number of aromatic nitrogens is 2. The van der Waals surface area contributed by atoms with Gasteiger partial charge in [0.05, 0.1) is 36.7 Å². The number of morpholine rings is 1. The van der Waals surface area contributed by atoms with Crippen molar-refractivity contribution in [3.05, 3.63) is 40.2 Å². The maximum atomic E-state index is 11.9. The Morgan fingerprint density at radius 1 is 1.18 bits per heavy atom. The summed E-state index contributed by atoms with van der Waals surface area (Å²) in [4.78, 5) is 14.5. The first-order chi connectivity index (χ1) is 16.0. The molecule has 0 aliphatic carbocycles. The zero-order valence-corrected chi connectivity index (χ0v) is 19.8. The van der Waals surface area contributed by atoms with E-state index in [-0.39, 0.29) is 0 Å². The maximum Gasteiger partial charge on any atom is 0.349 e. The molecule has 0 amide bonds. The van der Waals surface area contributed by atoms with Crippen molar-refractivity contribution in [1.29, 1.82) is 0 Å². The largest absolute Gasteiger partial charge is 0.465 e. The summed E-state index contributed by atoms with van der Waals surface area (Å²) in [5.41, 5.74) is 3.62. The summed E-state index contributed by atoms with van der Waals surface area (Å²) in [6.45, 7) is 2.90. The highest BCUT2D eigenvalue weighted by Crippen LogP contribution is 2.37. The number of hydrogen-bond donors (Lipinski definition) is 2. The quantitative estimate of drug-likeness (QED) is 0.305. The molecule has 0 radical (unpaired) electrons. The lowest BCUT2D eigenvalue weighted by atomic mass is 10.2. The zero-order chi connectivity index (χ0) is 22.9. The first kappa shape index (κ1) is 21.8. The van der Waals surface area contributed by atoms with Crippen LogP contribution in [-0.4, -0.2) is 54.8 Å². The van der Waals surface area contributed by atoms with Crippen molar-refractivity contribution >= 4 is 84.4 Å². The normalized spacial score (nSPS) is 13.9. The van der Waals surface area contributed by atoms with Crippen molar-refractivity contribution in [1.82, 2.24) is 10.3 Å². The Morgan fingerprint density at radius 3 is 2.76 bits per heavy atom. The van der Waals surface area contributed by atoms with Crippen molar-refractivity contribution < 1.29 is 18.9 Å². The summed E-state index contributed by atoms with van der Waals surface area (Å²) in [6.07, 6.45) is 0. The van der Waals surface area contributed by atoms with Gasteiger partial charge in [0, 0.05) is 28.9 Å². The highest BCUT2D eigenvalue weighted by molar-refractivity contribution is 7.80. The van der Waals surface area contributed by atoms with Crippen LogP contribution in [0.3, 0.4) is 0 Å².